The van der Waals surface area contributed by atoms with Crippen molar-refractivity contribution >= 4 is 23.2 Å². The van der Waals surface area contributed by atoms with Crippen molar-refractivity contribution in [3.05, 3.63) is 51.7 Å². The minimum Gasteiger partial charge on any atom is -0.481 e. The minimum absolute atomic E-state index is 0.0160. The number of halogens is 1. The Morgan fingerprint density at radius 2 is 2.18 bits per heavy atom. The van der Waals surface area contributed by atoms with Gasteiger partial charge in [0.05, 0.1) is 5.01 Å². The van der Waals surface area contributed by atoms with Crippen LogP contribution in [-0.4, -0.2) is 28.5 Å². The number of thiazole rings is 1. The van der Waals surface area contributed by atoms with E-state index in [1.807, 2.05) is 0 Å². The fourth-order valence-corrected chi connectivity index (χ4v) is 2.66. The number of hydrogen-bond acceptors (Lipinski definition) is 4. The molecule has 0 radical (unpaired) electrons. The van der Waals surface area contributed by atoms with E-state index < -0.39 is 5.97 Å². The molecular formula is C15H15FN2O3S. The van der Waals surface area contributed by atoms with Crippen LogP contribution in [0.3, 0.4) is 0 Å². The molecule has 5 nitrogen and oxygen atoms in total. The second-order valence-corrected chi connectivity index (χ2v) is 5.63. The predicted molar refractivity (Wildman–Crippen MR) is 80.5 cm³/mol. The third kappa shape index (κ3) is 4.92. The molecule has 1 aromatic heterocycles. The molecule has 0 aliphatic rings. The lowest BCUT2D eigenvalue weighted by molar-refractivity contribution is -0.137. The Labute approximate surface area is 130 Å². The third-order valence-corrected chi connectivity index (χ3v) is 3.73. The summed E-state index contributed by atoms with van der Waals surface area (Å²) in [6.45, 7) is 0.294. The van der Waals surface area contributed by atoms with Gasteiger partial charge in [-0.25, -0.2) is 9.37 Å². The lowest BCUT2D eigenvalue weighted by atomic mass is 10.1. The number of aromatic nitrogens is 1. The van der Waals surface area contributed by atoms with Crippen molar-refractivity contribution in [2.45, 2.75) is 19.3 Å². The van der Waals surface area contributed by atoms with Crippen molar-refractivity contribution in [3.63, 3.8) is 0 Å². The zero-order valence-electron chi connectivity index (χ0n) is 11.7. The van der Waals surface area contributed by atoms with Gasteiger partial charge in [0, 0.05) is 24.8 Å². The van der Waals surface area contributed by atoms with Crippen LogP contribution >= 0.6 is 11.3 Å². The van der Waals surface area contributed by atoms with Crippen molar-refractivity contribution in [2.75, 3.05) is 6.54 Å². The predicted octanol–water partition coefficient (Wildman–Crippen LogP) is 2.47. The summed E-state index contributed by atoms with van der Waals surface area (Å²) < 4.78 is 13.1. The molecule has 2 N–H and O–H groups in total. The van der Waals surface area contributed by atoms with Crippen molar-refractivity contribution in [3.8, 4) is 0 Å². The molecule has 2 aromatic rings. The van der Waals surface area contributed by atoms with Crippen LogP contribution < -0.4 is 5.32 Å². The molecule has 1 aromatic carbocycles. The largest absolute Gasteiger partial charge is 0.481 e. The van der Waals surface area contributed by atoms with E-state index in [9.17, 15) is 14.0 Å². The first-order valence-electron chi connectivity index (χ1n) is 6.73. The highest BCUT2D eigenvalue weighted by atomic mass is 32.1. The molecule has 7 heteroatoms. The average molecular weight is 322 g/mol. The fraction of sp³-hybridized carbons (Fsp3) is 0.267. The zero-order valence-corrected chi connectivity index (χ0v) is 12.5. The van der Waals surface area contributed by atoms with Crippen LogP contribution in [0.1, 0.15) is 33.9 Å². The number of carboxylic acid groups (broad SMARTS) is 1. The lowest BCUT2D eigenvalue weighted by Crippen LogP contribution is -2.25. The van der Waals surface area contributed by atoms with Gasteiger partial charge in [-0.15, -0.1) is 11.3 Å². The van der Waals surface area contributed by atoms with E-state index in [4.69, 9.17) is 5.11 Å². The van der Waals surface area contributed by atoms with Crippen molar-refractivity contribution < 1.29 is 19.1 Å². The van der Waals surface area contributed by atoms with E-state index in [0.29, 0.717) is 25.1 Å². The maximum absolute atomic E-state index is 13.1. The van der Waals surface area contributed by atoms with Gasteiger partial charge in [-0.05, 0) is 24.1 Å². The maximum atomic E-state index is 13.1. The third-order valence-electron chi connectivity index (χ3n) is 2.88. The van der Waals surface area contributed by atoms with Crippen LogP contribution in [0.5, 0.6) is 0 Å². The number of carboxylic acids is 1. The molecule has 2 rings (SSSR count). The molecule has 0 bridgehead atoms. The number of benzene rings is 1. The summed E-state index contributed by atoms with van der Waals surface area (Å²) in [6, 6.07) is 6.25. The molecule has 0 saturated carbocycles. The Bertz CT molecular complexity index is 672. The molecule has 0 unspecified atom stereocenters. The molecule has 116 valence electrons. The van der Waals surface area contributed by atoms with Gasteiger partial charge >= 0.3 is 5.97 Å². The Hall–Kier alpha value is -2.28. The molecule has 0 atom stereocenters. The van der Waals surface area contributed by atoms with Gasteiger partial charge < -0.3 is 10.4 Å². The monoisotopic (exact) mass is 322 g/mol. The maximum Gasteiger partial charge on any atom is 0.303 e. The number of amides is 1. The summed E-state index contributed by atoms with van der Waals surface area (Å²) in [4.78, 5) is 26.4. The highest BCUT2D eigenvalue weighted by Crippen LogP contribution is 2.15. The van der Waals surface area contributed by atoms with Gasteiger partial charge in [0.25, 0.3) is 5.91 Å². The fourth-order valence-electron chi connectivity index (χ4n) is 1.85. The summed E-state index contributed by atoms with van der Waals surface area (Å²) in [6.07, 6.45) is 0.859. The van der Waals surface area contributed by atoms with Crippen molar-refractivity contribution in [2.24, 2.45) is 0 Å². The topological polar surface area (TPSA) is 79.3 Å². The molecule has 1 heterocycles. The van der Waals surface area contributed by atoms with Crippen molar-refractivity contribution in [1.82, 2.24) is 10.3 Å². The second-order valence-electron chi connectivity index (χ2n) is 4.69. The van der Waals surface area contributed by atoms with Crippen LogP contribution in [0, 0.1) is 5.82 Å². The van der Waals surface area contributed by atoms with Gasteiger partial charge in [0.2, 0.25) is 0 Å². The van der Waals surface area contributed by atoms with Crippen LogP contribution in [-0.2, 0) is 11.2 Å². The Balaban J connectivity index is 1.88. The Morgan fingerprint density at radius 3 is 2.91 bits per heavy atom. The van der Waals surface area contributed by atoms with Gasteiger partial charge in [0.15, 0.2) is 0 Å². The molecular weight excluding hydrogens is 307 g/mol. The quantitative estimate of drug-likeness (QED) is 0.768. The summed E-state index contributed by atoms with van der Waals surface area (Å²) in [5.41, 5.74) is 1.09. The van der Waals surface area contributed by atoms with Gasteiger partial charge in [-0.2, -0.15) is 0 Å². The standard InChI is InChI=1S/C15H15FN2O3S/c16-11-4-1-3-10(7-11)8-13-18-12(9-22-13)15(21)17-6-2-5-14(19)20/h1,3-4,7,9H,2,5-6,8H2,(H,17,21)(H,19,20). The average Bonchev–Trinajstić information content (AvgIpc) is 2.92. The molecule has 0 aliphatic carbocycles. The van der Waals surface area contributed by atoms with Crippen LogP contribution in [0.4, 0.5) is 4.39 Å². The van der Waals surface area contributed by atoms with Gasteiger partial charge in [-0.1, -0.05) is 12.1 Å². The van der Waals surface area contributed by atoms with E-state index in [1.165, 1.54) is 23.5 Å². The first kappa shape index (κ1) is 16.1. The summed E-state index contributed by atoms with van der Waals surface area (Å²) in [5.74, 6) is -1.52. The molecule has 22 heavy (non-hydrogen) atoms. The number of nitrogens with zero attached hydrogens (tertiary/aromatic N) is 1. The Morgan fingerprint density at radius 1 is 1.36 bits per heavy atom. The SMILES string of the molecule is O=C(O)CCCNC(=O)c1csc(Cc2cccc(F)c2)n1. The highest BCUT2D eigenvalue weighted by molar-refractivity contribution is 7.09. The van der Waals surface area contributed by atoms with Crippen LogP contribution in [0.2, 0.25) is 0 Å². The molecule has 0 aliphatic heterocycles. The zero-order chi connectivity index (χ0) is 15.9. The van der Waals surface area contributed by atoms with Gasteiger partial charge in [0.1, 0.15) is 11.5 Å². The van der Waals surface area contributed by atoms with E-state index in [1.54, 1.807) is 17.5 Å². The molecule has 0 spiro atoms. The lowest BCUT2D eigenvalue weighted by Gasteiger charge is -2.01. The second kappa shape index (κ2) is 7.65. The number of rotatable bonds is 7. The van der Waals surface area contributed by atoms with E-state index in [-0.39, 0.29) is 18.1 Å². The first-order valence-corrected chi connectivity index (χ1v) is 7.61. The van der Waals surface area contributed by atoms with Gasteiger partial charge in [-0.3, -0.25) is 9.59 Å². The smallest absolute Gasteiger partial charge is 0.303 e. The number of aliphatic carboxylic acids is 1. The summed E-state index contributed by atoms with van der Waals surface area (Å²) >= 11 is 1.33. The molecule has 0 saturated heterocycles. The Kier molecular flexibility index (Phi) is 5.60. The minimum atomic E-state index is -0.889. The number of hydrogen-bond donors (Lipinski definition) is 2. The van der Waals surface area contributed by atoms with Crippen molar-refractivity contribution in [1.29, 1.82) is 0 Å². The molecule has 1 amide bonds. The normalized spacial score (nSPS) is 10.4. The van der Waals surface area contributed by atoms with E-state index in [2.05, 4.69) is 10.3 Å². The van der Waals surface area contributed by atoms with Crippen LogP contribution in [0.25, 0.3) is 0 Å². The molecule has 0 fully saturated rings. The number of carbonyl (C=O) groups excluding carboxylic acids is 1. The number of carbonyl (C=O) groups is 2. The highest BCUT2D eigenvalue weighted by Gasteiger charge is 2.11. The summed E-state index contributed by atoms with van der Waals surface area (Å²) in [7, 11) is 0. The number of nitrogens with one attached hydrogen (secondary N) is 1. The first-order chi connectivity index (χ1) is 10.5. The van der Waals surface area contributed by atoms with E-state index >= 15 is 0 Å². The summed E-state index contributed by atoms with van der Waals surface area (Å²) in [5, 5.41) is 13.5. The van der Waals surface area contributed by atoms with Crippen LogP contribution in [0.15, 0.2) is 29.6 Å². The van der Waals surface area contributed by atoms with E-state index in [0.717, 1.165) is 10.6 Å².